The number of fused-ring (bicyclic) bond motifs is 1. The van der Waals surface area contributed by atoms with Crippen LogP contribution in [-0.4, -0.2) is 36.6 Å². The highest BCUT2D eigenvalue weighted by molar-refractivity contribution is 6.35. The molecule has 3 rings (SSSR count). The number of rotatable bonds is 6. The molecule has 2 aliphatic rings. The fraction of sp³-hybridized carbons (Fsp3) is 0.500. The van der Waals surface area contributed by atoms with Crippen LogP contribution in [0.2, 0.25) is 0 Å². The Kier molecular flexibility index (Phi) is 6.28. The second kappa shape index (κ2) is 8.85. The second-order valence-electron chi connectivity index (χ2n) is 6.81. The van der Waals surface area contributed by atoms with Gasteiger partial charge < -0.3 is 20.5 Å². The summed E-state index contributed by atoms with van der Waals surface area (Å²) in [7, 11) is 0. The number of allylic oxidation sites excluding steroid dienone is 1. The minimum Gasteiger partial charge on any atom is -0.493 e. The molecule has 1 heterocycles. The smallest absolute Gasteiger partial charge is 0.309 e. The lowest BCUT2D eigenvalue weighted by molar-refractivity contribution is -0.139. The molecule has 6 heteroatoms. The predicted octanol–water partition coefficient (Wildman–Crippen LogP) is 1.78. The third kappa shape index (κ3) is 4.85. The molecule has 1 atom stereocenters. The van der Waals surface area contributed by atoms with Crippen molar-refractivity contribution in [2.24, 2.45) is 0 Å². The van der Waals surface area contributed by atoms with Crippen LogP contribution in [0.25, 0.3) is 0 Å². The zero-order valence-corrected chi connectivity index (χ0v) is 14.9. The van der Waals surface area contributed by atoms with Crippen LogP contribution >= 0.6 is 0 Å². The van der Waals surface area contributed by atoms with Crippen molar-refractivity contribution in [3.8, 4) is 5.75 Å². The van der Waals surface area contributed by atoms with Crippen molar-refractivity contribution in [1.29, 1.82) is 0 Å². The Labute approximate surface area is 153 Å². The molecule has 0 bridgehead atoms. The topological polar surface area (TPSA) is 87.7 Å². The van der Waals surface area contributed by atoms with Crippen LogP contribution < -0.4 is 15.4 Å². The Bertz CT molecular complexity index is 699. The first-order chi connectivity index (χ1) is 12.6. The van der Waals surface area contributed by atoms with Crippen molar-refractivity contribution in [1.82, 2.24) is 10.6 Å². The van der Waals surface area contributed by atoms with Crippen LogP contribution in [0.15, 0.2) is 29.8 Å². The molecule has 1 aromatic carbocycles. The number of carbonyl (C=O) groups is 2. The number of benzene rings is 1. The second-order valence-corrected chi connectivity index (χ2v) is 6.81. The Morgan fingerprint density at radius 2 is 2.00 bits per heavy atom. The van der Waals surface area contributed by atoms with Gasteiger partial charge >= 0.3 is 11.8 Å². The lowest BCUT2D eigenvalue weighted by Crippen LogP contribution is -2.41. The van der Waals surface area contributed by atoms with Crippen LogP contribution in [-0.2, 0) is 16.0 Å². The van der Waals surface area contributed by atoms with Crippen molar-refractivity contribution < 1.29 is 19.4 Å². The third-order valence-corrected chi connectivity index (χ3v) is 4.88. The average molecular weight is 358 g/mol. The van der Waals surface area contributed by atoms with Gasteiger partial charge in [0, 0.05) is 19.5 Å². The van der Waals surface area contributed by atoms with Gasteiger partial charge in [-0.2, -0.15) is 0 Å². The van der Waals surface area contributed by atoms with Gasteiger partial charge in [-0.05, 0) is 55.4 Å². The molecular weight excluding hydrogens is 332 g/mol. The highest BCUT2D eigenvalue weighted by Crippen LogP contribution is 2.28. The molecule has 0 unspecified atom stereocenters. The van der Waals surface area contributed by atoms with Crippen LogP contribution in [0.3, 0.4) is 0 Å². The van der Waals surface area contributed by atoms with E-state index in [1.165, 1.54) is 18.4 Å². The van der Waals surface area contributed by atoms with Crippen molar-refractivity contribution >= 4 is 11.8 Å². The molecule has 2 amide bonds. The monoisotopic (exact) mass is 358 g/mol. The first-order valence-corrected chi connectivity index (χ1v) is 9.31. The van der Waals surface area contributed by atoms with Crippen molar-refractivity contribution in [2.45, 2.75) is 44.6 Å². The van der Waals surface area contributed by atoms with Gasteiger partial charge in [-0.25, -0.2) is 0 Å². The molecule has 1 aromatic rings. The van der Waals surface area contributed by atoms with E-state index in [0.717, 1.165) is 37.0 Å². The lowest BCUT2D eigenvalue weighted by Gasteiger charge is -2.14. The van der Waals surface area contributed by atoms with E-state index in [1.54, 1.807) is 6.07 Å². The van der Waals surface area contributed by atoms with E-state index in [4.69, 9.17) is 4.74 Å². The van der Waals surface area contributed by atoms with Crippen LogP contribution in [0.5, 0.6) is 5.75 Å². The minimum absolute atomic E-state index is 0.00293. The number of aliphatic hydroxyl groups is 1. The molecule has 0 saturated heterocycles. The number of aliphatic hydroxyl groups excluding tert-OH is 1. The first kappa shape index (κ1) is 18.5. The van der Waals surface area contributed by atoms with E-state index in [2.05, 4.69) is 16.7 Å². The molecule has 6 nitrogen and oxygen atoms in total. The molecule has 0 fully saturated rings. The average Bonchev–Trinajstić information content (AvgIpc) is 3.14. The zero-order chi connectivity index (χ0) is 18.4. The summed E-state index contributed by atoms with van der Waals surface area (Å²) in [6.07, 6.45) is 7.61. The minimum atomic E-state index is -0.856. The van der Waals surface area contributed by atoms with Crippen molar-refractivity contribution in [3.05, 3.63) is 41.0 Å². The highest BCUT2D eigenvalue weighted by atomic mass is 16.5. The SMILES string of the molecule is O=C(NCCC1=CCCCC1)C(=O)NC[C@H](O)c1ccc2c(c1)CCO2. The summed E-state index contributed by atoms with van der Waals surface area (Å²) in [6.45, 7) is 1.12. The van der Waals surface area contributed by atoms with Gasteiger partial charge in [0.25, 0.3) is 0 Å². The van der Waals surface area contributed by atoms with E-state index in [-0.39, 0.29) is 6.54 Å². The summed E-state index contributed by atoms with van der Waals surface area (Å²) in [5, 5.41) is 15.4. The van der Waals surface area contributed by atoms with Crippen LogP contribution in [0.4, 0.5) is 0 Å². The van der Waals surface area contributed by atoms with Crippen LogP contribution in [0.1, 0.15) is 49.3 Å². The number of ether oxygens (including phenoxy) is 1. The number of nitrogens with one attached hydrogen (secondary N) is 2. The number of hydrogen-bond donors (Lipinski definition) is 3. The van der Waals surface area contributed by atoms with Crippen LogP contribution in [0, 0.1) is 0 Å². The van der Waals surface area contributed by atoms with Gasteiger partial charge in [-0.3, -0.25) is 9.59 Å². The molecule has 26 heavy (non-hydrogen) atoms. The Morgan fingerprint density at radius 3 is 2.81 bits per heavy atom. The van der Waals surface area contributed by atoms with Crippen molar-refractivity contribution in [3.63, 3.8) is 0 Å². The Morgan fingerprint density at radius 1 is 1.15 bits per heavy atom. The standard InChI is InChI=1S/C20H26N2O4/c23-17(15-6-7-18-16(12-15)9-11-26-18)13-22-20(25)19(24)21-10-8-14-4-2-1-3-5-14/h4,6-7,12,17,23H,1-3,5,8-11,13H2,(H,21,24)(H,22,25)/t17-/m0/s1. The highest BCUT2D eigenvalue weighted by Gasteiger charge is 2.18. The number of hydrogen-bond acceptors (Lipinski definition) is 4. The Balaban J connectivity index is 1.39. The summed E-state index contributed by atoms with van der Waals surface area (Å²) in [5.74, 6) is -0.528. The molecule has 1 aliphatic carbocycles. The molecule has 0 saturated carbocycles. The number of amides is 2. The van der Waals surface area contributed by atoms with Gasteiger partial charge in [0.1, 0.15) is 5.75 Å². The summed E-state index contributed by atoms with van der Waals surface area (Å²) in [4.78, 5) is 23.7. The molecular formula is C20H26N2O4. The summed E-state index contributed by atoms with van der Waals surface area (Å²) in [6, 6.07) is 5.49. The molecule has 3 N–H and O–H groups in total. The quantitative estimate of drug-likeness (QED) is 0.534. The Hall–Kier alpha value is -2.34. The molecule has 0 aromatic heterocycles. The van der Waals surface area contributed by atoms with Gasteiger partial charge in [0.15, 0.2) is 0 Å². The molecule has 0 spiro atoms. The normalized spacial score (nSPS) is 16.9. The predicted molar refractivity (Wildman–Crippen MR) is 97.8 cm³/mol. The summed E-state index contributed by atoms with van der Waals surface area (Å²) in [5.41, 5.74) is 3.12. The van der Waals surface area contributed by atoms with Crippen molar-refractivity contribution in [2.75, 3.05) is 19.7 Å². The maximum atomic E-state index is 11.9. The van der Waals surface area contributed by atoms with E-state index in [9.17, 15) is 14.7 Å². The number of carbonyl (C=O) groups excluding carboxylic acids is 2. The maximum absolute atomic E-state index is 11.9. The van der Waals surface area contributed by atoms with E-state index in [0.29, 0.717) is 18.7 Å². The lowest BCUT2D eigenvalue weighted by atomic mass is 9.97. The van der Waals surface area contributed by atoms with Gasteiger partial charge in [0.2, 0.25) is 0 Å². The molecule has 0 radical (unpaired) electrons. The first-order valence-electron chi connectivity index (χ1n) is 9.31. The molecule has 1 aliphatic heterocycles. The summed E-state index contributed by atoms with van der Waals surface area (Å²) >= 11 is 0. The third-order valence-electron chi connectivity index (χ3n) is 4.88. The maximum Gasteiger partial charge on any atom is 0.309 e. The van der Waals surface area contributed by atoms with E-state index >= 15 is 0 Å². The zero-order valence-electron chi connectivity index (χ0n) is 14.9. The van der Waals surface area contributed by atoms with E-state index < -0.39 is 17.9 Å². The fourth-order valence-corrected chi connectivity index (χ4v) is 3.35. The largest absolute Gasteiger partial charge is 0.493 e. The van der Waals surface area contributed by atoms with Gasteiger partial charge in [-0.1, -0.05) is 17.7 Å². The van der Waals surface area contributed by atoms with Gasteiger partial charge in [-0.15, -0.1) is 0 Å². The van der Waals surface area contributed by atoms with E-state index in [1.807, 2.05) is 12.1 Å². The molecule has 140 valence electrons. The van der Waals surface area contributed by atoms with Gasteiger partial charge in [0.05, 0.1) is 12.7 Å². The fourth-order valence-electron chi connectivity index (χ4n) is 3.35. The summed E-state index contributed by atoms with van der Waals surface area (Å²) < 4.78 is 5.44.